The first-order chi connectivity index (χ1) is 19.3. The fraction of sp³-hybridized carbons (Fsp3) is 0.414. The fourth-order valence-corrected chi connectivity index (χ4v) is 5.43. The molecule has 3 aromatic rings. The SMILES string of the molecule is Cc1c(-c2ccc(NC(=O)[C@@]34OC5COC(C)(C)O[C@H]5[C@@H]3OC(C)(C)O4)cc2)nc(Nc2ccc(Cl)cc2)[nH]c1=O. The molecule has 3 saturated heterocycles. The smallest absolute Gasteiger partial charge is 0.287 e. The zero-order chi connectivity index (χ0) is 29.2. The molecule has 0 radical (unpaired) electrons. The number of carbonyl (C=O) groups is 1. The van der Waals surface area contributed by atoms with Gasteiger partial charge in [-0.1, -0.05) is 23.7 Å². The molecule has 4 heterocycles. The number of rotatable bonds is 5. The fourth-order valence-electron chi connectivity index (χ4n) is 5.30. The minimum Gasteiger partial charge on any atom is -0.348 e. The van der Waals surface area contributed by atoms with Gasteiger partial charge >= 0.3 is 0 Å². The van der Waals surface area contributed by atoms with Gasteiger partial charge in [-0.25, -0.2) is 4.98 Å². The molecule has 3 N–H and O–H groups in total. The maximum Gasteiger partial charge on any atom is 0.287 e. The van der Waals surface area contributed by atoms with Gasteiger partial charge in [0.1, 0.15) is 12.2 Å². The molecule has 0 saturated carbocycles. The molecule has 0 aliphatic carbocycles. The van der Waals surface area contributed by atoms with Crippen molar-refractivity contribution in [3.05, 3.63) is 69.5 Å². The summed E-state index contributed by atoms with van der Waals surface area (Å²) in [5.41, 5.74) is 2.59. The van der Waals surface area contributed by atoms with Crippen LogP contribution in [0.5, 0.6) is 0 Å². The topological polar surface area (TPSA) is 133 Å². The normalized spacial score (nSPS) is 27.6. The van der Waals surface area contributed by atoms with Gasteiger partial charge in [0.15, 0.2) is 17.7 Å². The van der Waals surface area contributed by atoms with Crippen LogP contribution in [0.3, 0.4) is 0 Å². The van der Waals surface area contributed by atoms with Crippen LogP contribution in [0.15, 0.2) is 53.3 Å². The van der Waals surface area contributed by atoms with E-state index in [1.54, 1.807) is 83.1 Å². The summed E-state index contributed by atoms with van der Waals surface area (Å²) >= 11 is 5.97. The molecule has 4 atom stereocenters. The molecule has 0 bridgehead atoms. The highest BCUT2D eigenvalue weighted by Crippen LogP contribution is 2.49. The van der Waals surface area contributed by atoms with Crippen molar-refractivity contribution in [3.8, 4) is 11.3 Å². The van der Waals surface area contributed by atoms with E-state index in [9.17, 15) is 9.59 Å². The predicted octanol–water partition coefficient (Wildman–Crippen LogP) is 4.48. The first kappa shape index (κ1) is 27.8. The number of amides is 1. The Morgan fingerprint density at radius 3 is 2.37 bits per heavy atom. The van der Waals surface area contributed by atoms with Crippen molar-refractivity contribution in [1.29, 1.82) is 0 Å². The number of nitrogens with one attached hydrogen (secondary N) is 3. The Kier molecular flexibility index (Phi) is 6.72. The van der Waals surface area contributed by atoms with Gasteiger partial charge in [-0.05, 0) is 71.0 Å². The number of benzene rings is 2. The molecular formula is C29H31ClN4O7. The number of ether oxygens (including phenoxy) is 5. The monoisotopic (exact) mass is 582 g/mol. The van der Waals surface area contributed by atoms with Gasteiger partial charge < -0.3 is 34.3 Å². The number of H-pyrrole nitrogens is 1. The Morgan fingerprint density at radius 1 is 0.976 bits per heavy atom. The third-order valence-corrected chi connectivity index (χ3v) is 7.43. The summed E-state index contributed by atoms with van der Waals surface area (Å²) in [6.45, 7) is 9.00. The second-order valence-corrected chi connectivity index (χ2v) is 11.6. The Hall–Kier alpha value is -3.32. The zero-order valence-corrected chi connectivity index (χ0v) is 24.0. The van der Waals surface area contributed by atoms with Crippen LogP contribution < -0.4 is 16.2 Å². The van der Waals surface area contributed by atoms with Crippen LogP contribution in [-0.2, 0) is 28.5 Å². The van der Waals surface area contributed by atoms with E-state index in [1.807, 2.05) is 0 Å². The first-order valence-electron chi connectivity index (χ1n) is 13.3. The van der Waals surface area contributed by atoms with E-state index in [4.69, 9.17) is 35.3 Å². The van der Waals surface area contributed by atoms with E-state index in [1.165, 1.54) is 0 Å². The molecule has 41 heavy (non-hydrogen) atoms. The highest BCUT2D eigenvalue weighted by Gasteiger charge is 2.71. The summed E-state index contributed by atoms with van der Waals surface area (Å²) < 4.78 is 30.2. The van der Waals surface area contributed by atoms with Crippen LogP contribution in [0.4, 0.5) is 17.3 Å². The van der Waals surface area contributed by atoms with Gasteiger partial charge in [0, 0.05) is 27.5 Å². The molecule has 2 aromatic carbocycles. The maximum absolute atomic E-state index is 13.7. The molecule has 6 rings (SSSR count). The maximum atomic E-state index is 13.7. The number of hydrogen-bond donors (Lipinski definition) is 3. The van der Waals surface area contributed by atoms with Crippen LogP contribution in [0.2, 0.25) is 5.02 Å². The molecule has 3 aliphatic rings. The molecule has 0 spiro atoms. The summed E-state index contributed by atoms with van der Waals surface area (Å²) in [7, 11) is 0. The first-order valence-corrected chi connectivity index (χ1v) is 13.6. The van der Waals surface area contributed by atoms with Crippen molar-refractivity contribution in [2.45, 2.75) is 70.3 Å². The lowest BCUT2D eigenvalue weighted by Crippen LogP contribution is -2.53. The summed E-state index contributed by atoms with van der Waals surface area (Å²) in [5.74, 6) is -3.86. The van der Waals surface area contributed by atoms with Crippen molar-refractivity contribution >= 4 is 34.8 Å². The molecule has 11 nitrogen and oxygen atoms in total. The number of anilines is 3. The van der Waals surface area contributed by atoms with Gasteiger partial charge in [-0.3, -0.25) is 14.6 Å². The van der Waals surface area contributed by atoms with Crippen LogP contribution in [0, 0.1) is 6.92 Å². The Labute approximate surface area is 241 Å². The molecule has 1 unspecified atom stereocenters. The summed E-state index contributed by atoms with van der Waals surface area (Å²) in [6, 6.07) is 14.0. The standard InChI is InChI=1S/C29H31ClN4O7/c1-15-21(33-26(34-24(15)35)32-19-12-8-17(30)9-13-19)16-6-10-18(11-7-16)31-25(36)29-23(40-28(4,5)41-29)22-20(38-29)14-37-27(2,3)39-22/h6-13,20,22-23H,14H2,1-5H3,(H,31,36)(H2,32,33,34,35)/t20?,22-,23+,29-/m1/s1. The number of nitrogens with zero attached hydrogens (tertiary/aromatic N) is 1. The average molecular weight is 583 g/mol. The van der Waals surface area contributed by atoms with Crippen molar-refractivity contribution in [2.75, 3.05) is 17.2 Å². The van der Waals surface area contributed by atoms with Gasteiger partial charge in [0.2, 0.25) is 5.95 Å². The average Bonchev–Trinajstić information content (AvgIpc) is 3.35. The summed E-state index contributed by atoms with van der Waals surface area (Å²) in [4.78, 5) is 33.7. The Balaban J connectivity index is 1.22. The number of aromatic amines is 1. The zero-order valence-electron chi connectivity index (χ0n) is 23.2. The van der Waals surface area contributed by atoms with Crippen LogP contribution in [-0.4, -0.2) is 58.2 Å². The van der Waals surface area contributed by atoms with Gasteiger partial charge in [0.25, 0.3) is 17.3 Å². The largest absolute Gasteiger partial charge is 0.348 e. The molecular weight excluding hydrogens is 552 g/mol. The summed E-state index contributed by atoms with van der Waals surface area (Å²) in [5, 5.41) is 6.58. The highest BCUT2D eigenvalue weighted by atomic mass is 35.5. The number of fused-ring (bicyclic) bond motifs is 3. The van der Waals surface area contributed by atoms with E-state index in [2.05, 4.69) is 20.6 Å². The molecule has 216 valence electrons. The van der Waals surface area contributed by atoms with E-state index < -0.39 is 41.6 Å². The van der Waals surface area contributed by atoms with Crippen LogP contribution in [0.1, 0.15) is 33.3 Å². The number of halogens is 1. The van der Waals surface area contributed by atoms with E-state index in [0.717, 1.165) is 5.69 Å². The minimum absolute atomic E-state index is 0.239. The lowest BCUT2D eigenvalue weighted by Gasteiger charge is -2.38. The van der Waals surface area contributed by atoms with Gasteiger partial charge in [-0.15, -0.1) is 0 Å². The second-order valence-electron chi connectivity index (χ2n) is 11.2. The van der Waals surface area contributed by atoms with E-state index in [0.29, 0.717) is 27.5 Å². The van der Waals surface area contributed by atoms with Crippen molar-refractivity contribution in [3.63, 3.8) is 0 Å². The third-order valence-electron chi connectivity index (χ3n) is 7.18. The lowest BCUT2D eigenvalue weighted by atomic mass is 10.0. The third kappa shape index (κ3) is 5.25. The van der Waals surface area contributed by atoms with Crippen molar-refractivity contribution in [2.24, 2.45) is 0 Å². The summed E-state index contributed by atoms with van der Waals surface area (Å²) in [6.07, 6.45) is -1.87. The molecule has 3 fully saturated rings. The van der Waals surface area contributed by atoms with E-state index in [-0.39, 0.29) is 18.1 Å². The molecule has 1 amide bonds. The van der Waals surface area contributed by atoms with E-state index >= 15 is 0 Å². The van der Waals surface area contributed by atoms with Crippen molar-refractivity contribution < 1.29 is 28.5 Å². The van der Waals surface area contributed by atoms with Gasteiger partial charge in [0.05, 0.1) is 12.3 Å². The highest BCUT2D eigenvalue weighted by molar-refractivity contribution is 6.30. The van der Waals surface area contributed by atoms with Crippen LogP contribution in [0.25, 0.3) is 11.3 Å². The number of carbonyl (C=O) groups excluding carboxylic acids is 1. The van der Waals surface area contributed by atoms with Gasteiger partial charge in [-0.2, -0.15) is 0 Å². The van der Waals surface area contributed by atoms with Crippen LogP contribution >= 0.6 is 11.6 Å². The lowest BCUT2D eigenvalue weighted by molar-refractivity contribution is -0.324. The number of aromatic nitrogens is 2. The number of hydrogen-bond acceptors (Lipinski definition) is 9. The quantitative estimate of drug-likeness (QED) is 0.398. The Bertz CT molecular complexity index is 1540. The minimum atomic E-state index is -1.71. The van der Waals surface area contributed by atoms with Crippen molar-refractivity contribution in [1.82, 2.24) is 9.97 Å². The molecule has 3 aliphatic heterocycles. The molecule has 1 aromatic heterocycles. The second kappa shape index (κ2) is 9.90. The predicted molar refractivity (Wildman–Crippen MR) is 151 cm³/mol. The molecule has 12 heteroatoms. The Morgan fingerprint density at radius 2 is 1.66 bits per heavy atom.